The molecule has 0 fully saturated rings. The third kappa shape index (κ3) is 2.42. The van der Waals surface area contributed by atoms with Gasteiger partial charge in [-0.15, -0.1) is 0 Å². The van der Waals surface area contributed by atoms with Crippen molar-refractivity contribution in [3.8, 4) is 0 Å². The van der Waals surface area contributed by atoms with Gasteiger partial charge in [-0.1, -0.05) is 0 Å². The molecule has 0 aromatic heterocycles. The van der Waals surface area contributed by atoms with E-state index < -0.39 is 12.1 Å². The predicted molar refractivity (Wildman–Crippen MR) is 55.7 cm³/mol. The van der Waals surface area contributed by atoms with Crippen LogP contribution in [0.1, 0.15) is 0 Å². The molecular weight excluding hydrogens is 267 g/mol. The van der Waals surface area contributed by atoms with E-state index in [-0.39, 0.29) is 0 Å². The number of nitrogens with zero attached hydrogens (tertiary/aromatic N) is 3. The summed E-state index contributed by atoms with van der Waals surface area (Å²) in [7, 11) is 12.7. The number of rotatable bonds is 3. The Labute approximate surface area is 80.0 Å². The van der Waals surface area contributed by atoms with Gasteiger partial charge in [-0.25, -0.2) is 0 Å². The Morgan fingerprint density at radius 1 is 0.727 bits per heavy atom. The molecule has 0 N–H and O–H groups in total. The van der Waals surface area contributed by atoms with Crippen molar-refractivity contribution >= 4 is 26.1 Å². The van der Waals surface area contributed by atoms with Gasteiger partial charge in [0.15, 0.2) is 0 Å². The Morgan fingerprint density at radius 3 is 0.909 bits per heavy atom. The fraction of sp³-hybridized carbons (Fsp3) is 1.00. The first-order valence-electron chi connectivity index (χ1n) is 3.54. The van der Waals surface area contributed by atoms with Gasteiger partial charge in [0.1, 0.15) is 0 Å². The van der Waals surface area contributed by atoms with E-state index >= 15 is 0 Å². The molecule has 0 aromatic carbocycles. The van der Waals surface area contributed by atoms with Gasteiger partial charge in [-0.3, -0.25) is 0 Å². The van der Waals surface area contributed by atoms with Crippen molar-refractivity contribution in [3.05, 3.63) is 0 Å². The number of hydrogen-bond donors (Lipinski definition) is 0. The second kappa shape index (κ2) is 4.23. The first kappa shape index (κ1) is 11.9. The number of hydrogen-bond acceptors (Lipinski definition) is 3. The van der Waals surface area contributed by atoms with E-state index in [2.05, 4.69) is 67.9 Å². The zero-order valence-corrected chi connectivity index (χ0v) is 11.9. The van der Waals surface area contributed by atoms with Crippen LogP contribution in [0.3, 0.4) is 0 Å². The SMILES string of the molecule is C[N](C)[Ge]([Br])([N](C)C)[N](C)C. The molecule has 0 aliphatic heterocycles. The van der Waals surface area contributed by atoms with Crippen molar-refractivity contribution in [1.29, 1.82) is 0 Å². The molecule has 3 nitrogen and oxygen atoms in total. The second-order valence-electron chi connectivity index (χ2n) is 3.24. The van der Waals surface area contributed by atoms with Crippen molar-refractivity contribution in [3.63, 3.8) is 0 Å². The summed E-state index contributed by atoms with van der Waals surface area (Å²) >= 11 is 1.66. The Morgan fingerprint density at radius 2 is 0.909 bits per heavy atom. The van der Waals surface area contributed by atoms with Gasteiger partial charge in [-0.2, -0.15) is 0 Å². The molecule has 68 valence electrons. The molecule has 5 heteroatoms. The standard InChI is InChI=1S/C6H18BrGeN3/c1-9(2)8(7,10(3)4)11(5)6/h1-6H3. The van der Waals surface area contributed by atoms with Crippen LogP contribution in [0.2, 0.25) is 0 Å². The molecule has 0 unspecified atom stereocenters. The molecule has 0 aliphatic carbocycles. The summed E-state index contributed by atoms with van der Waals surface area (Å²) in [4.78, 5) is 0. The molecule has 0 saturated carbocycles. The van der Waals surface area contributed by atoms with Crippen LogP contribution in [-0.2, 0) is 0 Å². The normalized spacial score (nSPS) is 13.6. The molecule has 0 atom stereocenters. The average Bonchev–Trinajstić information content (AvgIpc) is 1.84. The molecule has 0 amide bonds. The monoisotopic (exact) mass is 285 g/mol. The number of halogens is 1. The minimum absolute atomic E-state index is 2.12. The molecule has 0 rings (SSSR count). The summed E-state index contributed by atoms with van der Waals surface area (Å²) in [5.41, 5.74) is 0. The van der Waals surface area contributed by atoms with Gasteiger partial charge in [0.25, 0.3) is 0 Å². The Balaban J connectivity index is 4.53. The van der Waals surface area contributed by atoms with Crippen molar-refractivity contribution in [1.82, 2.24) is 11.6 Å². The van der Waals surface area contributed by atoms with E-state index in [1.54, 1.807) is 0 Å². The summed E-state index contributed by atoms with van der Waals surface area (Å²) in [6, 6.07) is 0. The Kier molecular flexibility index (Phi) is 4.57. The van der Waals surface area contributed by atoms with E-state index in [9.17, 15) is 0 Å². The predicted octanol–water partition coefficient (Wildman–Crippen LogP) is 0.502. The van der Waals surface area contributed by atoms with Gasteiger partial charge in [-0.05, 0) is 0 Å². The maximum atomic E-state index is 3.84. The van der Waals surface area contributed by atoms with Gasteiger partial charge < -0.3 is 0 Å². The Bertz CT molecular complexity index is 105. The quantitative estimate of drug-likeness (QED) is 0.699. The molecule has 11 heavy (non-hydrogen) atoms. The first-order chi connectivity index (χ1) is 4.83. The molecule has 0 spiro atoms. The van der Waals surface area contributed by atoms with Crippen LogP contribution < -0.4 is 0 Å². The van der Waals surface area contributed by atoms with E-state index in [0.29, 0.717) is 0 Å². The summed E-state index contributed by atoms with van der Waals surface area (Å²) in [5, 5.41) is 0. The van der Waals surface area contributed by atoms with Gasteiger partial charge in [0, 0.05) is 0 Å². The summed E-state index contributed by atoms with van der Waals surface area (Å²) in [6.07, 6.45) is 0. The van der Waals surface area contributed by atoms with Gasteiger partial charge in [0.05, 0.1) is 0 Å². The molecule has 0 aliphatic rings. The van der Waals surface area contributed by atoms with Crippen LogP contribution in [0, 0.1) is 0 Å². The van der Waals surface area contributed by atoms with E-state index in [0.717, 1.165) is 0 Å². The van der Waals surface area contributed by atoms with Crippen molar-refractivity contribution in [2.75, 3.05) is 42.3 Å². The third-order valence-electron chi connectivity index (χ3n) is 1.71. The summed E-state index contributed by atoms with van der Waals surface area (Å²) < 4.78 is 6.88. The molecule has 0 radical (unpaired) electrons. The zero-order valence-electron chi connectivity index (χ0n) is 8.22. The average molecular weight is 285 g/mol. The second-order valence-corrected chi connectivity index (χ2v) is 16.7. The maximum absolute atomic E-state index is 3.84. The van der Waals surface area contributed by atoms with E-state index in [1.807, 2.05) is 0 Å². The topological polar surface area (TPSA) is 9.72 Å². The fourth-order valence-electron chi connectivity index (χ4n) is 1.20. The van der Waals surface area contributed by atoms with Gasteiger partial charge in [0.2, 0.25) is 0 Å². The van der Waals surface area contributed by atoms with Crippen LogP contribution in [0.5, 0.6) is 0 Å². The van der Waals surface area contributed by atoms with Gasteiger partial charge >= 0.3 is 80.0 Å². The van der Waals surface area contributed by atoms with Crippen LogP contribution in [-0.4, -0.2) is 65.9 Å². The minimum atomic E-state index is -2.19. The first-order valence-corrected chi connectivity index (χ1v) is 11.3. The van der Waals surface area contributed by atoms with E-state index in [1.165, 1.54) is 0 Å². The van der Waals surface area contributed by atoms with Crippen molar-refractivity contribution in [2.45, 2.75) is 0 Å². The Hall–Kier alpha value is 0.903. The fourth-order valence-corrected chi connectivity index (χ4v) is 6.24. The summed E-state index contributed by atoms with van der Waals surface area (Å²) in [6.45, 7) is 0. The van der Waals surface area contributed by atoms with Crippen molar-refractivity contribution in [2.24, 2.45) is 0 Å². The van der Waals surface area contributed by atoms with Crippen LogP contribution in [0.25, 0.3) is 0 Å². The third-order valence-corrected chi connectivity index (χ3v) is 19.9. The molecule has 0 heterocycles. The zero-order chi connectivity index (χ0) is 9.23. The molecule has 0 bridgehead atoms. The van der Waals surface area contributed by atoms with Crippen LogP contribution in [0.15, 0.2) is 0 Å². The van der Waals surface area contributed by atoms with Crippen LogP contribution in [0.4, 0.5) is 0 Å². The van der Waals surface area contributed by atoms with Crippen molar-refractivity contribution < 1.29 is 0 Å². The summed E-state index contributed by atoms with van der Waals surface area (Å²) in [5.74, 6) is 0. The molecular formula is C6H18BrGeN3. The molecule has 0 aromatic rings. The van der Waals surface area contributed by atoms with E-state index in [4.69, 9.17) is 0 Å². The molecule has 0 saturated heterocycles. The van der Waals surface area contributed by atoms with Crippen LogP contribution >= 0.6 is 14.0 Å².